The van der Waals surface area contributed by atoms with Crippen molar-refractivity contribution >= 4 is 17.3 Å². The van der Waals surface area contributed by atoms with E-state index in [1.54, 1.807) is 31.1 Å². The van der Waals surface area contributed by atoms with Gasteiger partial charge in [-0.1, -0.05) is 13.8 Å². The Bertz CT molecular complexity index is 441. The van der Waals surface area contributed by atoms with Crippen molar-refractivity contribution in [3.05, 3.63) is 23.8 Å². The number of amides is 1. The second-order valence-corrected chi connectivity index (χ2v) is 4.96. The molecule has 3 N–H and O–H groups in total. The van der Waals surface area contributed by atoms with Gasteiger partial charge >= 0.3 is 0 Å². The van der Waals surface area contributed by atoms with Crippen LogP contribution in [0.15, 0.2) is 18.2 Å². The monoisotopic (exact) mass is 278 g/mol. The first-order valence-corrected chi connectivity index (χ1v) is 7.07. The first kappa shape index (κ1) is 16.3. The molecule has 0 aliphatic heterocycles. The number of anilines is 2. The van der Waals surface area contributed by atoms with Crippen LogP contribution < -0.4 is 11.1 Å². The molecule has 1 aromatic carbocycles. The molecule has 0 aliphatic rings. The zero-order chi connectivity index (χ0) is 15.1. The van der Waals surface area contributed by atoms with Gasteiger partial charge in [0.05, 0.1) is 11.4 Å². The topological polar surface area (TPSA) is 61.6 Å². The van der Waals surface area contributed by atoms with Gasteiger partial charge in [-0.05, 0) is 31.3 Å². The number of carbonyl (C=O) groups excluding carboxylic acids is 1. The Balaban J connectivity index is 2.70. The molecule has 0 bridgehead atoms. The lowest BCUT2D eigenvalue weighted by Crippen LogP contribution is -2.28. The fraction of sp³-hybridized carbons (Fsp3) is 0.533. The van der Waals surface area contributed by atoms with Gasteiger partial charge in [0.1, 0.15) is 0 Å². The van der Waals surface area contributed by atoms with Crippen molar-refractivity contribution in [1.82, 2.24) is 9.80 Å². The number of benzene rings is 1. The number of nitrogens with zero attached hydrogens (tertiary/aromatic N) is 2. The van der Waals surface area contributed by atoms with Crippen LogP contribution in [0.1, 0.15) is 24.2 Å². The van der Waals surface area contributed by atoms with Crippen LogP contribution in [0, 0.1) is 0 Å². The van der Waals surface area contributed by atoms with Gasteiger partial charge in [-0.3, -0.25) is 4.79 Å². The summed E-state index contributed by atoms with van der Waals surface area (Å²) in [6.45, 7) is 8.13. The molecule has 0 aromatic heterocycles. The third-order valence-electron chi connectivity index (χ3n) is 3.34. The molecule has 0 fully saturated rings. The zero-order valence-electron chi connectivity index (χ0n) is 12.9. The number of nitrogens with two attached hydrogens (primary N) is 1. The van der Waals surface area contributed by atoms with E-state index in [1.165, 1.54) is 0 Å². The van der Waals surface area contributed by atoms with Crippen molar-refractivity contribution in [3.8, 4) is 0 Å². The van der Waals surface area contributed by atoms with Crippen molar-refractivity contribution in [2.75, 3.05) is 51.3 Å². The summed E-state index contributed by atoms with van der Waals surface area (Å²) in [4.78, 5) is 15.8. The minimum Gasteiger partial charge on any atom is -0.397 e. The number of likely N-dealkylation sites (N-methyl/N-ethyl adjacent to an activating group) is 1. The standard InChI is InChI=1S/C15H26N4O/c1-5-19(6-2)10-9-17-14-11-12(7-8-13(14)16)15(20)18(3)4/h7-8,11,17H,5-6,9-10,16H2,1-4H3. The predicted molar refractivity (Wildman–Crippen MR) is 85.1 cm³/mol. The SMILES string of the molecule is CCN(CC)CCNc1cc(C(=O)N(C)C)ccc1N. The van der Waals surface area contributed by atoms with Gasteiger partial charge in [0, 0.05) is 32.7 Å². The molecule has 1 rings (SSSR count). The minimum atomic E-state index is -0.0169. The lowest BCUT2D eigenvalue weighted by molar-refractivity contribution is 0.0827. The average molecular weight is 278 g/mol. The highest BCUT2D eigenvalue weighted by molar-refractivity contribution is 5.95. The summed E-state index contributed by atoms with van der Waals surface area (Å²) in [6.07, 6.45) is 0. The summed E-state index contributed by atoms with van der Waals surface area (Å²) in [5, 5.41) is 3.31. The fourth-order valence-electron chi connectivity index (χ4n) is 1.99. The molecule has 0 spiro atoms. The smallest absolute Gasteiger partial charge is 0.253 e. The van der Waals surface area contributed by atoms with E-state index in [1.807, 2.05) is 6.07 Å². The van der Waals surface area contributed by atoms with Gasteiger partial charge in [0.2, 0.25) is 0 Å². The highest BCUT2D eigenvalue weighted by Crippen LogP contribution is 2.20. The van der Waals surface area contributed by atoms with E-state index in [0.717, 1.165) is 31.9 Å². The Kier molecular flexibility index (Phi) is 6.31. The largest absolute Gasteiger partial charge is 0.397 e. The predicted octanol–water partition coefficient (Wildman–Crippen LogP) is 1.72. The van der Waals surface area contributed by atoms with Crippen molar-refractivity contribution < 1.29 is 4.79 Å². The molecule has 1 aromatic rings. The van der Waals surface area contributed by atoms with E-state index in [4.69, 9.17) is 5.73 Å². The van der Waals surface area contributed by atoms with Crippen LogP contribution in [0.3, 0.4) is 0 Å². The van der Waals surface area contributed by atoms with E-state index >= 15 is 0 Å². The maximum Gasteiger partial charge on any atom is 0.253 e. The first-order valence-electron chi connectivity index (χ1n) is 7.07. The van der Waals surface area contributed by atoms with Crippen molar-refractivity contribution in [2.45, 2.75) is 13.8 Å². The Morgan fingerprint density at radius 3 is 2.45 bits per heavy atom. The molecule has 0 radical (unpaired) electrons. The van der Waals surface area contributed by atoms with E-state index in [-0.39, 0.29) is 5.91 Å². The Morgan fingerprint density at radius 2 is 1.90 bits per heavy atom. The number of rotatable bonds is 7. The Labute approximate surface area is 121 Å². The van der Waals surface area contributed by atoms with Gasteiger partial charge < -0.3 is 20.9 Å². The zero-order valence-corrected chi connectivity index (χ0v) is 12.9. The average Bonchev–Trinajstić information content (AvgIpc) is 2.44. The van der Waals surface area contributed by atoms with E-state index in [0.29, 0.717) is 11.3 Å². The summed E-state index contributed by atoms with van der Waals surface area (Å²) >= 11 is 0. The quantitative estimate of drug-likeness (QED) is 0.746. The van der Waals surface area contributed by atoms with Gasteiger partial charge in [-0.15, -0.1) is 0 Å². The number of hydrogen-bond donors (Lipinski definition) is 2. The highest BCUT2D eigenvalue weighted by Gasteiger charge is 2.10. The normalized spacial score (nSPS) is 10.7. The van der Waals surface area contributed by atoms with Gasteiger partial charge in [-0.25, -0.2) is 0 Å². The van der Waals surface area contributed by atoms with Crippen LogP contribution in [0.5, 0.6) is 0 Å². The summed E-state index contributed by atoms with van der Waals surface area (Å²) < 4.78 is 0. The molecule has 0 saturated heterocycles. The van der Waals surface area contributed by atoms with Crippen LogP contribution in [-0.2, 0) is 0 Å². The van der Waals surface area contributed by atoms with E-state index < -0.39 is 0 Å². The number of hydrogen-bond acceptors (Lipinski definition) is 4. The third kappa shape index (κ3) is 4.42. The van der Waals surface area contributed by atoms with Gasteiger partial charge in [-0.2, -0.15) is 0 Å². The molecule has 5 heteroatoms. The third-order valence-corrected chi connectivity index (χ3v) is 3.34. The molecule has 0 aliphatic carbocycles. The molecule has 20 heavy (non-hydrogen) atoms. The molecule has 0 atom stereocenters. The lowest BCUT2D eigenvalue weighted by atomic mass is 10.1. The Hall–Kier alpha value is -1.75. The summed E-state index contributed by atoms with van der Waals surface area (Å²) in [5.41, 5.74) is 8.08. The molecular formula is C15H26N4O. The maximum atomic E-state index is 11.9. The van der Waals surface area contributed by atoms with Crippen molar-refractivity contribution in [3.63, 3.8) is 0 Å². The van der Waals surface area contributed by atoms with E-state index in [9.17, 15) is 4.79 Å². The maximum absolute atomic E-state index is 11.9. The molecular weight excluding hydrogens is 252 g/mol. The van der Waals surface area contributed by atoms with Crippen LogP contribution in [0.25, 0.3) is 0 Å². The Morgan fingerprint density at radius 1 is 1.25 bits per heavy atom. The first-order chi connectivity index (χ1) is 9.49. The fourth-order valence-corrected chi connectivity index (χ4v) is 1.99. The molecule has 5 nitrogen and oxygen atoms in total. The van der Waals surface area contributed by atoms with Crippen LogP contribution >= 0.6 is 0 Å². The summed E-state index contributed by atoms with van der Waals surface area (Å²) in [6, 6.07) is 5.35. The second kappa shape index (κ2) is 7.75. The van der Waals surface area contributed by atoms with Crippen LogP contribution in [0.4, 0.5) is 11.4 Å². The molecule has 1 amide bonds. The number of nitrogen functional groups attached to an aromatic ring is 1. The van der Waals surface area contributed by atoms with Gasteiger partial charge in [0.15, 0.2) is 0 Å². The second-order valence-electron chi connectivity index (χ2n) is 4.96. The van der Waals surface area contributed by atoms with E-state index in [2.05, 4.69) is 24.1 Å². The minimum absolute atomic E-state index is 0.0169. The lowest BCUT2D eigenvalue weighted by Gasteiger charge is -2.19. The van der Waals surface area contributed by atoms with Crippen LogP contribution in [-0.4, -0.2) is 56.0 Å². The molecule has 112 valence electrons. The van der Waals surface area contributed by atoms with Gasteiger partial charge in [0.25, 0.3) is 5.91 Å². The molecule has 0 saturated carbocycles. The van der Waals surface area contributed by atoms with Crippen molar-refractivity contribution in [1.29, 1.82) is 0 Å². The number of carbonyl (C=O) groups is 1. The molecule has 0 heterocycles. The summed E-state index contributed by atoms with van der Waals surface area (Å²) in [5.74, 6) is -0.0169. The number of nitrogens with one attached hydrogen (secondary N) is 1. The summed E-state index contributed by atoms with van der Waals surface area (Å²) in [7, 11) is 3.48. The molecule has 0 unspecified atom stereocenters. The van der Waals surface area contributed by atoms with Crippen molar-refractivity contribution in [2.24, 2.45) is 0 Å². The van der Waals surface area contributed by atoms with Crippen LogP contribution in [0.2, 0.25) is 0 Å². The highest BCUT2D eigenvalue weighted by atomic mass is 16.2.